The topological polar surface area (TPSA) is 85.3 Å². The Labute approximate surface area is 207 Å². The third kappa shape index (κ3) is 4.42. The Hall–Kier alpha value is -3.62. The zero-order valence-corrected chi connectivity index (χ0v) is 20.0. The number of benzene rings is 3. The third-order valence-corrected chi connectivity index (χ3v) is 6.83. The minimum Gasteiger partial charge on any atom is -0.478 e. The molecular weight excluding hydrogens is 516 g/mol. The van der Waals surface area contributed by atoms with Crippen LogP contribution in [0.2, 0.25) is 0 Å². The van der Waals surface area contributed by atoms with Crippen molar-refractivity contribution in [3.8, 4) is 16.9 Å². The fraction of sp³-hybridized carbons (Fsp3) is 0.0385. The molecule has 0 aliphatic heterocycles. The lowest BCUT2D eigenvalue weighted by Gasteiger charge is -2.09. The molecule has 0 spiro atoms. The van der Waals surface area contributed by atoms with Crippen LogP contribution in [0.1, 0.15) is 15.9 Å². The predicted octanol–water partition coefficient (Wildman–Crippen LogP) is 6.40. The molecule has 0 fully saturated rings. The summed E-state index contributed by atoms with van der Waals surface area (Å²) in [5, 5.41) is 10.9. The Balaban J connectivity index is 1.58. The van der Waals surface area contributed by atoms with Gasteiger partial charge in [-0.05, 0) is 48.0 Å². The Bertz CT molecular complexity index is 1570. The number of para-hydroxylation sites is 1. The third-order valence-electron chi connectivity index (χ3n) is 5.30. The number of imidazole rings is 1. The molecule has 5 rings (SSSR count). The van der Waals surface area contributed by atoms with Gasteiger partial charge in [-0.3, -0.25) is 4.57 Å². The summed E-state index contributed by atoms with van der Waals surface area (Å²) in [5.74, 6) is -0.566. The average Bonchev–Trinajstić information content (AvgIpc) is 3.26. The van der Waals surface area contributed by atoms with Crippen LogP contribution in [0.3, 0.4) is 0 Å². The fourth-order valence-electron chi connectivity index (χ4n) is 3.62. The van der Waals surface area contributed by atoms with E-state index in [0.717, 1.165) is 15.5 Å². The number of hydrogen-bond acceptors (Lipinski definition) is 5. The number of fused-ring (bicyclic) bond motifs is 1. The Morgan fingerprint density at radius 2 is 1.76 bits per heavy atom. The minimum absolute atomic E-state index is 0.257. The number of aromatic carboxylic acids is 1. The number of thioether (sulfide) groups is 1. The van der Waals surface area contributed by atoms with Gasteiger partial charge in [0, 0.05) is 27.5 Å². The van der Waals surface area contributed by atoms with Crippen molar-refractivity contribution >= 4 is 44.6 Å². The number of halogens is 1. The molecule has 3 aromatic carbocycles. The van der Waals surface area contributed by atoms with E-state index in [4.69, 9.17) is 9.40 Å². The highest BCUT2D eigenvalue weighted by Gasteiger charge is 2.17. The molecule has 0 amide bonds. The first-order valence-electron chi connectivity index (χ1n) is 10.3. The van der Waals surface area contributed by atoms with Gasteiger partial charge in [0.2, 0.25) is 0 Å². The van der Waals surface area contributed by atoms with E-state index in [1.54, 1.807) is 36.5 Å². The molecule has 0 saturated carbocycles. The highest BCUT2D eigenvalue weighted by atomic mass is 79.9. The molecule has 0 saturated heterocycles. The van der Waals surface area contributed by atoms with Crippen molar-refractivity contribution in [1.82, 2.24) is 9.55 Å². The monoisotopic (exact) mass is 532 g/mol. The maximum absolute atomic E-state index is 12.7. The lowest BCUT2D eigenvalue weighted by Crippen LogP contribution is -2.02. The number of rotatable bonds is 6. The Morgan fingerprint density at radius 1 is 1.03 bits per heavy atom. The molecule has 0 radical (unpaired) electrons. The van der Waals surface area contributed by atoms with Gasteiger partial charge in [0.1, 0.15) is 5.58 Å². The number of hydrogen-bond donors (Lipinski definition) is 1. The summed E-state index contributed by atoms with van der Waals surface area (Å²) in [6.07, 6.45) is 1.80. The number of carbonyl (C=O) groups is 1. The van der Waals surface area contributed by atoms with Gasteiger partial charge in [-0.2, -0.15) is 0 Å². The van der Waals surface area contributed by atoms with Crippen LogP contribution in [0.15, 0.2) is 104 Å². The second-order valence-corrected chi connectivity index (χ2v) is 9.35. The highest BCUT2D eigenvalue weighted by Crippen LogP contribution is 2.30. The standard InChI is InChI=1S/C26H17BrN2O4S/c27-18-9-11-19(12-10-18)29-14-22(21-13-16-5-2-4-8-23(16)33-25(21)32)28-26(29)34-15-17-6-1-3-7-20(17)24(30)31/h1-14H,15H2,(H,30,31). The second kappa shape index (κ2) is 9.32. The maximum atomic E-state index is 12.7. The van der Waals surface area contributed by atoms with Crippen LogP contribution in [0.4, 0.5) is 0 Å². The largest absolute Gasteiger partial charge is 0.478 e. The molecule has 34 heavy (non-hydrogen) atoms. The fourth-order valence-corrected chi connectivity index (χ4v) is 4.88. The van der Waals surface area contributed by atoms with Gasteiger partial charge in [0.05, 0.1) is 16.8 Å². The van der Waals surface area contributed by atoms with E-state index < -0.39 is 11.6 Å². The summed E-state index contributed by atoms with van der Waals surface area (Å²) in [7, 11) is 0. The second-order valence-electron chi connectivity index (χ2n) is 7.49. The van der Waals surface area contributed by atoms with Crippen LogP contribution >= 0.6 is 27.7 Å². The van der Waals surface area contributed by atoms with Gasteiger partial charge in [-0.15, -0.1) is 0 Å². The zero-order valence-electron chi connectivity index (χ0n) is 17.6. The van der Waals surface area contributed by atoms with Crippen molar-refractivity contribution in [3.05, 3.63) is 111 Å². The molecule has 2 heterocycles. The van der Waals surface area contributed by atoms with Crippen LogP contribution in [0.25, 0.3) is 27.9 Å². The highest BCUT2D eigenvalue weighted by molar-refractivity contribution is 9.10. The van der Waals surface area contributed by atoms with Gasteiger partial charge in [-0.25, -0.2) is 14.6 Å². The van der Waals surface area contributed by atoms with Crippen molar-refractivity contribution in [2.24, 2.45) is 0 Å². The van der Waals surface area contributed by atoms with Gasteiger partial charge >= 0.3 is 11.6 Å². The molecule has 8 heteroatoms. The van der Waals surface area contributed by atoms with Gasteiger partial charge in [0.25, 0.3) is 0 Å². The lowest BCUT2D eigenvalue weighted by atomic mass is 10.1. The first kappa shape index (κ1) is 22.2. The van der Waals surface area contributed by atoms with E-state index >= 15 is 0 Å². The molecule has 0 unspecified atom stereocenters. The lowest BCUT2D eigenvalue weighted by molar-refractivity contribution is 0.0696. The average molecular weight is 533 g/mol. The summed E-state index contributed by atoms with van der Waals surface area (Å²) in [4.78, 5) is 29.1. The van der Waals surface area contributed by atoms with Crippen LogP contribution in [-0.4, -0.2) is 20.6 Å². The molecule has 1 N–H and O–H groups in total. The number of aromatic nitrogens is 2. The number of carboxylic acids is 1. The zero-order chi connectivity index (χ0) is 23.7. The predicted molar refractivity (Wildman–Crippen MR) is 136 cm³/mol. The van der Waals surface area contributed by atoms with Crippen molar-refractivity contribution in [1.29, 1.82) is 0 Å². The van der Waals surface area contributed by atoms with Crippen LogP contribution in [-0.2, 0) is 5.75 Å². The van der Waals surface area contributed by atoms with Crippen molar-refractivity contribution in [2.75, 3.05) is 0 Å². The number of carboxylic acid groups (broad SMARTS) is 1. The minimum atomic E-state index is -0.970. The molecule has 0 bridgehead atoms. The molecule has 5 aromatic rings. The smallest absolute Gasteiger partial charge is 0.345 e. The van der Waals surface area contributed by atoms with Crippen LogP contribution in [0, 0.1) is 0 Å². The SMILES string of the molecule is O=C(O)c1ccccc1CSc1nc(-c2cc3ccccc3oc2=O)cn1-c1ccc(Br)cc1. The first-order chi connectivity index (χ1) is 16.5. The molecule has 168 valence electrons. The molecular formula is C26H17BrN2O4S. The molecule has 0 atom stereocenters. The van der Waals surface area contributed by atoms with Gasteiger partial charge < -0.3 is 9.52 Å². The Morgan fingerprint density at radius 3 is 2.56 bits per heavy atom. The normalized spacial score (nSPS) is 11.1. The summed E-state index contributed by atoms with van der Waals surface area (Å²) < 4.78 is 8.34. The summed E-state index contributed by atoms with van der Waals surface area (Å²) in [5.41, 5.74) is 2.71. The summed E-state index contributed by atoms with van der Waals surface area (Å²) >= 11 is 4.85. The number of nitrogens with zero attached hydrogens (tertiary/aromatic N) is 2. The van der Waals surface area contributed by atoms with Crippen molar-refractivity contribution in [3.63, 3.8) is 0 Å². The van der Waals surface area contributed by atoms with Gasteiger partial charge in [-0.1, -0.05) is 64.1 Å². The molecule has 2 aromatic heterocycles. The van der Waals surface area contributed by atoms with E-state index in [1.165, 1.54) is 11.8 Å². The Kier molecular flexibility index (Phi) is 6.08. The van der Waals surface area contributed by atoms with Crippen molar-refractivity contribution < 1.29 is 14.3 Å². The van der Waals surface area contributed by atoms with Gasteiger partial charge in [0.15, 0.2) is 5.16 Å². The van der Waals surface area contributed by atoms with E-state index in [2.05, 4.69) is 15.9 Å². The van der Waals surface area contributed by atoms with Crippen LogP contribution < -0.4 is 5.63 Å². The molecule has 0 aliphatic carbocycles. The summed E-state index contributed by atoms with van der Waals surface area (Å²) in [6, 6.07) is 23.7. The van der Waals surface area contributed by atoms with Crippen molar-refractivity contribution in [2.45, 2.75) is 10.9 Å². The molecule has 0 aliphatic rings. The quantitative estimate of drug-likeness (QED) is 0.201. The van der Waals surface area contributed by atoms with E-state index in [1.807, 2.05) is 53.1 Å². The van der Waals surface area contributed by atoms with E-state index in [9.17, 15) is 14.7 Å². The molecule has 6 nitrogen and oxygen atoms in total. The van der Waals surface area contributed by atoms with Crippen LogP contribution in [0.5, 0.6) is 0 Å². The van der Waals surface area contributed by atoms with E-state index in [0.29, 0.717) is 33.3 Å². The first-order valence-corrected chi connectivity index (χ1v) is 12.1. The summed E-state index contributed by atoms with van der Waals surface area (Å²) in [6.45, 7) is 0. The van der Waals surface area contributed by atoms with E-state index in [-0.39, 0.29) is 5.56 Å². The maximum Gasteiger partial charge on any atom is 0.345 e.